The van der Waals surface area contributed by atoms with Crippen LogP contribution in [-0.2, 0) is 9.59 Å². The number of ether oxygens (including phenoxy) is 1. The lowest BCUT2D eigenvalue weighted by Crippen LogP contribution is -2.52. The van der Waals surface area contributed by atoms with Crippen LogP contribution in [0, 0.1) is 6.92 Å². The van der Waals surface area contributed by atoms with Gasteiger partial charge in [0.05, 0.1) is 24.2 Å². The molecule has 0 saturated heterocycles. The van der Waals surface area contributed by atoms with Crippen LogP contribution in [0.4, 0.5) is 5.69 Å². The minimum absolute atomic E-state index is 0.290. The van der Waals surface area contributed by atoms with Crippen molar-refractivity contribution in [1.29, 1.82) is 0 Å². The Morgan fingerprint density at radius 2 is 1.72 bits per heavy atom. The second-order valence-corrected chi connectivity index (χ2v) is 10.1. The van der Waals surface area contributed by atoms with Crippen molar-refractivity contribution < 1.29 is 19.1 Å². The molecule has 0 aliphatic rings. The van der Waals surface area contributed by atoms with Crippen molar-refractivity contribution in [3.8, 4) is 5.75 Å². The van der Waals surface area contributed by atoms with Gasteiger partial charge < -0.3 is 15.4 Å². The second-order valence-electron chi connectivity index (χ2n) is 9.14. The lowest BCUT2D eigenvalue weighted by Gasteiger charge is -2.35. The number of nitrogens with zero attached hydrogens (tertiary/aromatic N) is 1. The summed E-state index contributed by atoms with van der Waals surface area (Å²) in [5.41, 5.74) is 1.63. The number of aryl methyl sites for hydroxylation is 1. The van der Waals surface area contributed by atoms with E-state index in [-0.39, 0.29) is 18.4 Å². The molecule has 1 atom stereocenters. The molecule has 3 rings (SSSR count). The van der Waals surface area contributed by atoms with Gasteiger partial charge in [-0.1, -0.05) is 55.0 Å². The Balaban J connectivity index is 2.07. The normalized spacial score (nSPS) is 11.9. The zero-order valence-corrected chi connectivity index (χ0v) is 22.1. The van der Waals surface area contributed by atoms with Crippen LogP contribution >= 0.6 is 11.3 Å². The monoisotopic (exact) mass is 507 g/mol. The van der Waals surface area contributed by atoms with Gasteiger partial charge in [-0.05, 0) is 56.3 Å². The first-order chi connectivity index (χ1) is 17.2. The van der Waals surface area contributed by atoms with Gasteiger partial charge in [-0.2, -0.15) is 0 Å². The zero-order valence-electron chi connectivity index (χ0n) is 21.3. The number of rotatable bonds is 10. The maximum atomic E-state index is 13.8. The molecule has 2 N–H and O–H groups in total. The topological polar surface area (TPSA) is 87.7 Å². The van der Waals surface area contributed by atoms with E-state index in [0.717, 1.165) is 5.56 Å². The van der Waals surface area contributed by atoms with E-state index in [1.165, 1.54) is 23.3 Å². The van der Waals surface area contributed by atoms with Gasteiger partial charge in [0, 0.05) is 5.54 Å². The molecule has 0 bridgehead atoms. The highest BCUT2D eigenvalue weighted by atomic mass is 32.1. The molecule has 0 fully saturated rings. The summed E-state index contributed by atoms with van der Waals surface area (Å²) in [6.45, 7) is 7.54. The van der Waals surface area contributed by atoms with Gasteiger partial charge in [0.1, 0.15) is 11.8 Å². The van der Waals surface area contributed by atoms with Gasteiger partial charge in [0.2, 0.25) is 11.8 Å². The van der Waals surface area contributed by atoms with Crippen molar-refractivity contribution in [3.63, 3.8) is 0 Å². The van der Waals surface area contributed by atoms with Gasteiger partial charge in [-0.3, -0.25) is 19.3 Å². The van der Waals surface area contributed by atoms with Gasteiger partial charge in [0.25, 0.3) is 5.91 Å². The van der Waals surface area contributed by atoms with Crippen molar-refractivity contribution in [1.82, 2.24) is 10.6 Å². The number of amides is 3. The van der Waals surface area contributed by atoms with Crippen LogP contribution < -0.4 is 20.3 Å². The number of benzene rings is 2. The molecule has 1 heterocycles. The highest BCUT2D eigenvalue weighted by Crippen LogP contribution is 2.35. The van der Waals surface area contributed by atoms with Crippen molar-refractivity contribution in [2.24, 2.45) is 0 Å². The number of carbonyl (C=O) groups is 3. The summed E-state index contributed by atoms with van der Waals surface area (Å²) < 4.78 is 5.56. The first-order valence-electron chi connectivity index (χ1n) is 11.8. The lowest BCUT2D eigenvalue weighted by atomic mass is 9.97. The van der Waals surface area contributed by atoms with Crippen molar-refractivity contribution in [2.45, 2.75) is 45.7 Å². The largest absolute Gasteiger partial charge is 0.495 e. The molecule has 7 nitrogen and oxygen atoms in total. The minimum Gasteiger partial charge on any atom is -0.495 e. The van der Waals surface area contributed by atoms with E-state index in [1.54, 1.807) is 41.8 Å². The number of hydrogen-bond donors (Lipinski definition) is 2. The number of thiophene rings is 1. The standard InChI is InChI=1S/C28H33N3O4S/c1-6-28(3,4)30-27(34)25(20-15-13-19(2)14-16-20)31(21-10-7-8-11-22(21)35-5)24(32)18-29-26(33)23-12-9-17-36-23/h7-17,25H,6,18H2,1-5H3,(H,29,33)(H,30,34)/t25-/m0/s1. The smallest absolute Gasteiger partial charge is 0.261 e. The fourth-order valence-electron chi connectivity index (χ4n) is 3.64. The second kappa shape index (κ2) is 11.9. The summed E-state index contributed by atoms with van der Waals surface area (Å²) in [4.78, 5) is 42.1. The third kappa shape index (κ3) is 6.51. The molecule has 2 aromatic carbocycles. The van der Waals surface area contributed by atoms with E-state index in [0.29, 0.717) is 28.3 Å². The molecular weight excluding hydrogens is 474 g/mol. The van der Waals surface area contributed by atoms with Gasteiger partial charge in [-0.15, -0.1) is 11.3 Å². The van der Waals surface area contributed by atoms with Crippen molar-refractivity contribution in [2.75, 3.05) is 18.6 Å². The number of nitrogens with one attached hydrogen (secondary N) is 2. The predicted octanol–water partition coefficient (Wildman–Crippen LogP) is 4.87. The van der Waals surface area contributed by atoms with Crippen LogP contribution in [-0.4, -0.2) is 36.9 Å². The molecule has 0 radical (unpaired) electrons. The Morgan fingerprint density at radius 1 is 1.03 bits per heavy atom. The fourth-order valence-corrected chi connectivity index (χ4v) is 4.28. The maximum absolute atomic E-state index is 13.8. The molecule has 0 aliphatic heterocycles. The molecule has 1 aromatic heterocycles. The number of methoxy groups -OCH3 is 1. The van der Waals surface area contributed by atoms with E-state index in [9.17, 15) is 14.4 Å². The fraction of sp³-hybridized carbons (Fsp3) is 0.321. The van der Waals surface area contributed by atoms with Crippen LogP contribution in [0.2, 0.25) is 0 Å². The van der Waals surface area contributed by atoms with Crippen molar-refractivity contribution in [3.05, 3.63) is 82.0 Å². The molecular formula is C28H33N3O4S. The summed E-state index contributed by atoms with van der Waals surface area (Å²) >= 11 is 1.29. The van der Waals surface area contributed by atoms with E-state index in [1.807, 2.05) is 52.0 Å². The molecule has 0 aliphatic carbocycles. The molecule has 36 heavy (non-hydrogen) atoms. The zero-order chi connectivity index (χ0) is 26.3. The molecule has 0 saturated carbocycles. The predicted molar refractivity (Wildman–Crippen MR) is 144 cm³/mol. The molecule has 0 unspecified atom stereocenters. The summed E-state index contributed by atoms with van der Waals surface area (Å²) in [5.74, 6) is -0.675. The number of carbonyl (C=O) groups excluding carboxylic acids is 3. The van der Waals surface area contributed by atoms with E-state index in [4.69, 9.17) is 4.74 Å². The summed E-state index contributed by atoms with van der Waals surface area (Å²) in [5, 5.41) is 7.58. The summed E-state index contributed by atoms with van der Waals surface area (Å²) in [6.07, 6.45) is 0.707. The average molecular weight is 508 g/mol. The van der Waals surface area contributed by atoms with E-state index >= 15 is 0 Å². The molecule has 3 amide bonds. The van der Waals surface area contributed by atoms with Gasteiger partial charge in [0.15, 0.2) is 0 Å². The van der Waals surface area contributed by atoms with Crippen LogP contribution in [0.3, 0.4) is 0 Å². The van der Waals surface area contributed by atoms with Crippen LogP contribution in [0.25, 0.3) is 0 Å². The molecule has 3 aromatic rings. The quantitative estimate of drug-likeness (QED) is 0.410. The maximum Gasteiger partial charge on any atom is 0.261 e. The highest BCUT2D eigenvalue weighted by Gasteiger charge is 2.36. The number of para-hydroxylation sites is 2. The Kier molecular flexibility index (Phi) is 8.88. The molecule has 8 heteroatoms. The first kappa shape index (κ1) is 26.9. The van der Waals surface area contributed by atoms with Crippen LogP contribution in [0.15, 0.2) is 66.0 Å². The molecule has 190 valence electrons. The third-order valence-corrected chi connectivity index (χ3v) is 6.87. The average Bonchev–Trinajstić information content (AvgIpc) is 3.41. The van der Waals surface area contributed by atoms with Crippen LogP contribution in [0.5, 0.6) is 5.75 Å². The first-order valence-corrected chi connectivity index (χ1v) is 12.7. The Labute approximate surface area is 216 Å². The lowest BCUT2D eigenvalue weighted by molar-refractivity contribution is -0.127. The van der Waals surface area contributed by atoms with Gasteiger partial charge >= 0.3 is 0 Å². The van der Waals surface area contributed by atoms with E-state index < -0.39 is 17.5 Å². The van der Waals surface area contributed by atoms with Gasteiger partial charge in [-0.25, -0.2) is 0 Å². The number of hydrogen-bond acceptors (Lipinski definition) is 5. The SMILES string of the molecule is CCC(C)(C)NC(=O)[C@H](c1ccc(C)cc1)N(C(=O)CNC(=O)c1cccs1)c1ccccc1OC. The number of anilines is 1. The summed E-state index contributed by atoms with van der Waals surface area (Å²) in [6, 6.07) is 17.0. The van der Waals surface area contributed by atoms with Crippen LogP contribution in [0.1, 0.15) is 54.0 Å². The minimum atomic E-state index is -0.987. The Morgan fingerprint density at radius 3 is 2.33 bits per heavy atom. The highest BCUT2D eigenvalue weighted by molar-refractivity contribution is 7.12. The summed E-state index contributed by atoms with van der Waals surface area (Å²) in [7, 11) is 1.52. The third-order valence-electron chi connectivity index (χ3n) is 6.00. The van der Waals surface area contributed by atoms with Crippen molar-refractivity contribution >= 4 is 34.7 Å². The van der Waals surface area contributed by atoms with E-state index in [2.05, 4.69) is 10.6 Å². The Bertz CT molecular complexity index is 1190. The molecule has 0 spiro atoms. The Hall–Kier alpha value is -3.65.